The number of non-ortho nitro benzene ring substituents is 1. The van der Waals surface area contributed by atoms with E-state index < -0.39 is 16.8 Å². The van der Waals surface area contributed by atoms with Crippen LogP contribution in [0.5, 0.6) is 5.75 Å². The number of nitro groups is 1. The van der Waals surface area contributed by atoms with Crippen LogP contribution in [0.15, 0.2) is 66.2 Å². The highest BCUT2D eigenvalue weighted by Gasteiger charge is 2.14. The minimum atomic E-state index is -0.676. The largest absolute Gasteiger partial charge is 0.486 e. The number of halogens is 2. The summed E-state index contributed by atoms with van der Waals surface area (Å²) in [5, 5.41) is 23.3. The van der Waals surface area contributed by atoms with Crippen molar-refractivity contribution in [2.45, 2.75) is 13.5 Å². The van der Waals surface area contributed by atoms with E-state index in [-0.39, 0.29) is 40.3 Å². The molecule has 0 saturated carbocycles. The molecule has 0 aliphatic carbocycles. The first-order valence-corrected chi connectivity index (χ1v) is 11.5. The first-order chi connectivity index (χ1) is 17.7. The van der Waals surface area contributed by atoms with Crippen molar-refractivity contribution in [3.05, 3.63) is 103 Å². The summed E-state index contributed by atoms with van der Waals surface area (Å²) >= 11 is 12.6. The molecule has 0 heterocycles. The topological polar surface area (TPSA) is 132 Å². The summed E-state index contributed by atoms with van der Waals surface area (Å²) in [4.78, 5) is 34.8. The smallest absolute Gasteiger partial charge is 0.338 e. The number of nitriles is 1. The standard InChI is InChI=1S/C26H19Cl2N3O6/c1-2-36-26(33)18-6-8-20(9-7-18)30-25(32)19(14-29)10-17-12-22(27)24(23(28)13-17)37-15-16-4-3-5-21(11-16)31(34)35/h3-13H,2,15H2,1H3,(H,30,32)/b19-10+. The van der Waals surface area contributed by atoms with Gasteiger partial charge in [0.1, 0.15) is 18.2 Å². The zero-order valence-electron chi connectivity index (χ0n) is 19.4. The molecule has 0 saturated heterocycles. The molecule has 1 N–H and O–H groups in total. The number of nitro benzene ring substituents is 1. The third-order valence-corrected chi connectivity index (χ3v) is 5.42. The fraction of sp³-hybridized carbons (Fsp3) is 0.115. The maximum atomic E-state index is 12.6. The first kappa shape index (κ1) is 27.2. The lowest BCUT2D eigenvalue weighted by Gasteiger charge is -2.11. The number of ether oxygens (including phenoxy) is 2. The van der Waals surface area contributed by atoms with Crippen molar-refractivity contribution in [2.75, 3.05) is 11.9 Å². The highest BCUT2D eigenvalue weighted by atomic mass is 35.5. The van der Waals surface area contributed by atoms with Gasteiger partial charge in [0, 0.05) is 17.8 Å². The molecule has 11 heteroatoms. The Balaban J connectivity index is 1.72. The molecular weight excluding hydrogens is 521 g/mol. The average molecular weight is 540 g/mol. The van der Waals surface area contributed by atoms with Gasteiger partial charge in [-0.05, 0) is 60.5 Å². The molecule has 0 radical (unpaired) electrons. The summed E-state index contributed by atoms with van der Waals surface area (Å²) in [7, 11) is 0. The van der Waals surface area contributed by atoms with Gasteiger partial charge in [-0.25, -0.2) is 4.79 Å². The Bertz CT molecular complexity index is 1390. The van der Waals surface area contributed by atoms with E-state index in [1.54, 1.807) is 13.0 Å². The van der Waals surface area contributed by atoms with Crippen LogP contribution in [0, 0.1) is 21.4 Å². The quantitative estimate of drug-likeness (QED) is 0.112. The molecule has 0 aromatic heterocycles. The molecule has 0 aliphatic rings. The normalized spacial score (nSPS) is 10.8. The van der Waals surface area contributed by atoms with E-state index in [0.717, 1.165) is 0 Å². The van der Waals surface area contributed by atoms with Gasteiger partial charge in [0.2, 0.25) is 0 Å². The number of anilines is 1. The summed E-state index contributed by atoms with van der Waals surface area (Å²) < 4.78 is 10.6. The summed E-state index contributed by atoms with van der Waals surface area (Å²) in [6.45, 7) is 1.92. The van der Waals surface area contributed by atoms with Gasteiger partial charge >= 0.3 is 5.97 Å². The number of nitrogens with one attached hydrogen (secondary N) is 1. The highest BCUT2D eigenvalue weighted by Crippen LogP contribution is 2.35. The molecule has 0 atom stereocenters. The van der Waals surface area contributed by atoms with Crippen molar-refractivity contribution in [3.63, 3.8) is 0 Å². The maximum Gasteiger partial charge on any atom is 0.338 e. The van der Waals surface area contributed by atoms with Crippen molar-refractivity contribution < 1.29 is 24.0 Å². The summed E-state index contributed by atoms with van der Waals surface area (Å²) in [6.07, 6.45) is 1.31. The van der Waals surface area contributed by atoms with Crippen LogP contribution in [-0.4, -0.2) is 23.4 Å². The molecular formula is C26H19Cl2N3O6. The van der Waals surface area contributed by atoms with Crippen molar-refractivity contribution in [1.29, 1.82) is 5.26 Å². The molecule has 0 fully saturated rings. The van der Waals surface area contributed by atoms with Crippen LogP contribution in [-0.2, 0) is 16.1 Å². The fourth-order valence-electron chi connectivity index (χ4n) is 3.13. The number of benzene rings is 3. The van der Waals surface area contributed by atoms with E-state index in [9.17, 15) is 25.0 Å². The maximum absolute atomic E-state index is 12.6. The minimum Gasteiger partial charge on any atom is -0.486 e. The Morgan fingerprint density at radius 2 is 1.78 bits per heavy atom. The summed E-state index contributed by atoms with van der Waals surface area (Å²) in [5.41, 5.74) is 1.34. The van der Waals surface area contributed by atoms with Crippen molar-refractivity contribution in [1.82, 2.24) is 0 Å². The van der Waals surface area contributed by atoms with E-state index in [1.807, 2.05) is 6.07 Å². The molecule has 37 heavy (non-hydrogen) atoms. The lowest BCUT2D eigenvalue weighted by atomic mass is 10.1. The Morgan fingerprint density at radius 3 is 2.38 bits per heavy atom. The SMILES string of the molecule is CCOC(=O)c1ccc(NC(=O)/C(C#N)=C/c2cc(Cl)c(OCc3cccc([N+](=O)[O-])c3)c(Cl)c2)cc1. The predicted octanol–water partition coefficient (Wildman–Crippen LogP) is 6.20. The van der Waals surface area contributed by atoms with Gasteiger partial charge in [-0.15, -0.1) is 0 Å². The van der Waals surface area contributed by atoms with E-state index >= 15 is 0 Å². The van der Waals surface area contributed by atoms with Crippen LogP contribution < -0.4 is 10.1 Å². The molecule has 0 bridgehead atoms. The first-order valence-electron chi connectivity index (χ1n) is 10.8. The second kappa shape index (κ2) is 12.5. The fourth-order valence-corrected chi connectivity index (χ4v) is 3.75. The van der Waals surface area contributed by atoms with Crippen molar-refractivity contribution in [3.8, 4) is 11.8 Å². The molecule has 3 rings (SSSR count). The molecule has 1 amide bonds. The van der Waals surface area contributed by atoms with Crippen molar-refractivity contribution >= 4 is 52.5 Å². The van der Waals surface area contributed by atoms with Gasteiger partial charge in [-0.2, -0.15) is 5.26 Å². The van der Waals surface area contributed by atoms with E-state index in [4.69, 9.17) is 32.7 Å². The Hall–Kier alpha value is -4.39. The molecule has 3 aromatic carbocycles. The summed E-state index contributed by atoms with van der Waals surface area (Å²) in [5.74, 6) is -1.01. The zero-order valence-corrected chi connectivity index (χ0v) is 20.9. The average Bonchev–Trinajstić information content (AvgIpc) is 2.87. The van der Waals surface area contributed by atoms with Crippen molar-refractivity contribution in [2.24, 2.45) is 0 Å². The molecule has 0 spiro atoms. The number of esters is 1. The third-order valence-electron chi connectivity index (χ3n) is 4.86. The van der Waals surface area contributed by atoms with Gasteiger partial charge in [0.25, 0.3) is 11.6 Å². The number of carbonyl (C=O) groups excluding carboxylic acids is 2. The van der Waals surface area contributed by atoms with E-state index in [0.29, 0.717) is 22.4 Å². The number of nitrogens with zero attached hydrogens (tertiary/aromatic N) is 2. The monoisotopic (exact) mass is 539 g/mol. The van der Waals surface area contributed by atoms with E-state index in [2.05, 4.69) is 5.32 Å². The number of carbonyl (C=O) groups is 2. The molecule has 188 valence electrons. The second-order valence-electron chi connectivity index (χ2n) is 7.45. The number of amides is 1. The molecule has 0 aliphatic heterocycles. The predicted molar refractivity (Wildman–Crippen MR) is 139 cm³/mol. The molecule has 0 unspecified atom stereocenters. The molecule has 9 nitrogen and oxygen atoms in total. The van der Waals surface area contributed by atoms with Crippen LogP contribution in [0.2, 0.25) is 10.0 Å². The van der Waals surface area contributed by atoms with Gasteiger partial charge in [0.05, 0.1) is 27.1 Å². The van der Waals surface area contributed by atoms with Gasteiger partial charge in [-0.1, -0.05) is 35.3 Å². The van der Waals surface area contributed by atoms with Crippen LogP contribution in [0.3, 0.4) is 0 Å². The number of hydrogen-bond donors (Lipinski definition) is 1. The molecule has 3 aromatic rings. The van der Waals surface area contributed by atoms with Crippen LogP contribution in [0.4, 0.5) is 11.4 Å². The zero-order chi connectivity index (χ0) is 26.9. The van der Waals surface area contributed by atoms with Gasteiger partial charge < -0.3 is 14.8 Å². The number of hydrogen-bond acceptors (Lipinski definition) is 7. The van der Waals surface area contributed by atoms with Crippen LogP contribution >= 0.6 is 23.2 Å². The third kappa shape index (κ3) is 7.30. The van der Waals surface area contributed by atoms with Crippen LogP contribution in [0.1, 0.15) is 28.4 Å². The second-order valence-corrected chi connectivity index (χ2v) is 8.27. The Labute approximate surface area is 222 Å². The lowest BCUT2D eigenvalue weighted by molar-refractivity contribution is -0.384. The Kier molecular flexibility index (Phi) is 9.21. The van der Waals surface area contributed by atoms with E-state index in [1.165, 1.54) is 60.7 Å². The summed E-state index contributed by atoms with van der Waals surface area (Å²) in [6, 6.07) is 16.7. The van der Waals surface area contributed by atoms with Gasteiger partial charge in [0.15, 0.2) is 5.75 Å². The van der Waals surface area contributed by atoms with Crippen LogP contribution in [0.25, 0.3) is 6.08 Å². The number of rotatable bonds is 9. The van der Waals surface area contributed by atoms with Gasteiger partial charge in [-0.3, -0.25) is 14.9 Å². The highest BCUT2D eigenvalue weighted by molar-refractivity contribution is 6.37. The lowest BCUT2D eigenvalue weighted by Crippen LogP contribution is -2.13. The minimum absolute atomic E-state index is 0.0168. The Morgan fingerprint density at radius 1 is 1.11 bits per heavy atom.